The molecule has 7 nitrogen and oxygen atoms in total. The first-order chi connectivity index (χ1) is 15.6. The quantitative estimate of drug-likeness (QED) is 0.336. The minimum absolute atomic E-state index is 0.261. The van der Waals surface area contributed by atoms with E-state index < -0.39 is 0 Å². The molecule has 0 saturated carbocycles. The normalized spacial score (nSPS) is 11.0. The molecule has 4 rings (SSSR count). The molecule has 32 heavy (non-hydrogen) atoms. The number of amides is 1. The van der Waals surface area contributed by atoms with Crippen LogP contribution in [-0.2, 0) is 0 Å². The lowest BCUT2D eigenvalue weighted by Crippen LogP contribution is -2.13. The van der Waals surface area contributed by atoms with Gasteiger partial charge in [-0.05, 0) is 38.5 Å². The molecule has 0 aliphatic heterocycles. The molecular formula is C24H26N4O3S. The average Bonchev–Trinajstić information content (AvgIpc) is 3.36. The summed E-state index contributed by atoms with van der Waals surface area (Å²) in [5.41, 5.74) is 3.63. The van der Waals surface area contributed by atoms with Crippen molar-refractivity contribution in [1.29, 1.82) is 0 Å². The number of ether oxygens (including phenoxy) is 2. The predicted octanol–water partition coefficient (Wildman–Crippen LogP) is 5.60. The molecule has 2 aromatic heterocycles. The highest BCUT2D eigenvalue weighted by molar-refractivity contribution is 7.15. The molecule has 2 heterocycles. The van der Waals surface area contributed by atoms with Gasteiger partial charge in [-0.1, -0.05) is 43.2 Å². The Bertz CT molecular complexity index is 1210. The predicted molar refractivity (Wildman–Crippen MR) is 127 cm³/mol. The number of hydrogen-bond donors (Lipinski definition) is 1. The minimum atomic E-state index is -0.304. The van der Waals surface area contributed by atoms with Crippen LogP contribution in [0.25, 0.3) is 16.2 Å². The lowest BCUT2D eigenvalue weighted by Gasteiger charge is -2.13. The van der Waals surface area contributed by atoms with Crippen LogP contribution in [-0.4, -0.2) is 33.7 Å². The van der Waals surface area contributed by atoms with E-state index in [1.807, 2.05) is 12.3 Å². The Kier molecular flexibility index (Phi) is 6.70. The lowest BCUT2D eigenvalue weighted by molar-refractivity contribution is 0.102. The van der Waals surface area contributed by atoms with Crippen LogP contribution in [0, 0.1) is 6.92 Å². The Morgan fingerprint density at radius 3 is 2.66 bits per heavy atom. The first-order valence-corrected chi connectivity index (χ1v) is 11.6. The summed E-state index contributed by atoms with van der Waals surface area (Å²) >= 11 is 1.48. The molecule has 0 bridgehead atoms. The first kappa shape index (κ1) is 21.8. The van der Waals surface area contributed by atoms with Gasteiger partial charge in [-0.25, -0.2) is 4.52 Å². The number of rotatable bonds is 9. The van der Waals surface area contributed by atoms with E-state index in [1.165, 1.54) is 16.9 Å². The van der Waals surface area contributed by atoms with Crippen LogP contribution in [0.5, 0.6) is 11.5 Å². The van der Waals surface area contributed by atoms with Crippen LogP contribution >= 0.6 is 11.3 Å². The number of nitrogens with one attached hydrogen (secondary N) is 1. The van der Waals surface area contributed by atoms with Crippen LogP contribution < -0.4 is 14.8 Å². The molecule has 1 amide bonds. The number of carbonyl (C=O) groups is 1. The molecule has 0 spiro atoms. The van der Waals surface area contributed by atoms with Gasteiger partial charge in [-0.2, -0.15) is 4.98 Å². The van der Waals surface area contributed by atoms with Gasteiger partial charge in [0, 0.05) is 16.5 Å². The zero-order valence-corrected chi connectivity index (χ0v) is 19.2. The standard InChI is InChI=1S/C24H26N4O3S/c1-4-6-13-31-20-12-11-18(14-21(20)30-5-2)22(29)25-23-26-24-28(27-23)19(15-32-24)17-9-7-16(3)8-10-17/h7-12,14-15H,4-6,13H2,1-3H3,(H,25,27,29). The van der Waals surface area contributed by atoms with Crippen molar-refractivity contribution in [2.24, 2.45) is 0 Å². The third-order valence-corrected chi connectivity index (χ3v) is 5.73. The van der Waals surface area contributed by atoms with Gasteiger partial charge in [0.2, 0.25) is 4.96 Å². The van der Waals surface area contributed by atoms with Crippen molar-refractivity contribution >= 4 is 28.2 Å². The van der Waals surface area contributed by atoms with E-state index in [0.717, 1.165) is 24.1 Å². The molecule has 0 atom stereocenters. The lowest BCUT2D eigenvalue weighted by atomic mass is 10.1. The largest absolute Gasteiger partial charge is 0.490 e. The van der Waals surface area contributed by atoms with Crippen LogP contribution in [0.1, 0.15) is 42.6 Å². The zero-order chi connectivity index (χ0) is 22.5. The van der Waals surface area contributed by atoms with Gasteiger partial charge < -0.3 is 9.47 Å². The summed E-state index contributed by atoms with van der Waals surface area (Å²) in [7, 11) is 0. The third kappa shape index (κ3) is 4.75. The van der Waals surface area contributed by atoms with Gasteiger partial charge in [0.1, 0.15) is 0 Å². The maximum absolute atomic E-state index is 12.8. The average molecular weight is 451 g/mol. The second-order valence-corrected chi connectivity index (χ2v) is 8.20. The number of fused-ring (bicyclic) bond motifs is 1. The van der Waals surface area contributed by atoms with Gasteiger partial charge in [0.25, 0.3) is 11.9 Å². The smallest absolute Gasteiger partial charge is 0.258 e. The van der Waals surface area contributed by atoms with Crippen molar-refractivity contribution < 1.29 is 14.3 Å². The fourth-order valence-electron chi connectivity index (χ4n) is 3.19. The Morgan fingerprint density at radius 1 is 1.09 bits per heavy atom. The van der Waals surface area contributed by atoms with Crippen LogP contribution in [0.15, 0.2) is 47.8 Å². The number of hydrogen-bond acceptors (Lipinski definition) is 6. The van der Waals surface area contributed by atoms with Gasteiger partial charge >= 0.3 is 0 Å². The van der Waals surface area contributed by atoms with E-state index in [1.54, 1.807) is 22.7 Å². The summed E-state index contributed by atoms with van der Waals surface area (Å²) < 4.78 is 13.2. The van der Waals surface area contributed by atoms with Crippen LogP contribution in [0.4, 0.5) is 5.95 Å². The summed E-state index contributed by atoms with van der Waals surface area (Å²) in [4.78, 5) is 18.0. The third-order valence-electron chi connectivity index (χ3n) is 4.92. The number of aryl methyl sites for hydroxylation is 1. The highest BCUT2D eigenvalue weighted by atomic mass is 32.1. The van der Waals surface area contributed by atoms with E-state index in [9.17, 15) is 4.79 Å². The molecule has 0 aliphatic rings. The first-order valence-electron chi connectivity index (χ1n) is 10.7. The van der Waals surface area contributed by atoms with Gasteiger partial charge in [-0.3, -0.25) is 10.1 Å². The topological polar surface area (TPSA) is 77.8 Å². The monoisotopic (exact) mass is 450 g/mol. The van der Waals surface area contributed by atoms with Crippen LogP contribution in [0.2, 0.25) is 0 Å². The Morgan fingerprint density at radius 2 is 1.91 bits per heavy atom. The number of carbonyl (C=O) groups excluding carboxylic acids is 1. The highest BCUT2D eigenvalue weighted by Gasteiger charge is 2.16. The number of thiazole rings is 1. The van der Waals surface area contributed by atoms with E-state index in [4.69, 9.17) is 9.47 Å². The van der Waals surface area contributed by atoms with Crippen molar-refractivity contribution in [3.8, 4) is 22.8 Å². The molecule has 0 radical (unpaired) electrons. The zero-order valence-electron chi connectivity index (χ0n) is 18.4. The van der Waals surface area contributed by atoms with Crippen molar-refractivity contribution in [2.45, 2.75) is 33.6 Å². The fourth-order valence-corrected chi connectivity index (χ4v) is 4.03. The Hall–Kier alpha value is -3.39. The van der Waals surface area contributed by atoms with E-state index in [2.05, 4.69) is 53.5 Å². The second kappa shape index (κ2) is 9.82. The summed E-state index contributed by atoms with van der Waals surface area (Å²) in [6, 6.07) is 13.4. The van der Waals surface area contributed by atoms with Gasteiger partial charge in [0.05, 0.1) is 18.9 Å². The Labute approximate surface area is 191 Å². The summed E-state index contributed by atoms with van der Waals surface area (Å²) in [6.07, 6.45) is 2.01. The molecule has 1 N–H and O–H groups in total. The number of nitrogens with zero attached hydrogens (tertiary/aromatic N) is 3. The Balaban J connectivity index is 1.53. The number of aromatic nitrogens is 3. The number of anilines is 1. The number of benzene rings is 2. The van der Waals surface area contributed by atoms with Gasteiger partial charge in [0.15, 0.2) is 11.5 Å². The van der Waals surface area contributed by atoms with Crippen molar-refractivity contribution in [3.05, 3.63) is 59.0 Å². The molecule has 2 aromatic carbocycles. The molecule has 8 heteroatoms. The second-order valence-electron chi connectivity index (χ2n) is 7.37. The summed E-state index contributed by atoms with van der Waals surface area (Å²) in [6.45, 7) is 7.15. The summed E-state index contributed by atoms with van der Waals surface area (Å²) in [5, 5.41) is 9.29. The maximum atomic E-state index is 12.8. The SMILES string of the molecule is CCCCOc1ccc(C(=O)Nc2nc3scc(-c4ccc(C)cc4)n3n2)cc1OCC. The molecule has 0 aliphatic carbocycles. The van der Waals surface area contributed by atoms with E-state index in [-0.39, 0.29) is 11.9 Å². The molecule has 0 fully saturated rings. The van der Waals surface area contributed by atoms with E-state index in [0.29, 0.717) is 35.2 Å². The van der Waals surface area contributed by atoms with Crippen molar-refractivity contribution in [2.75, 3.05) is 18.5 Å². The maximum Gasteiger partial charge on any atom is 0.258 e. The van der Waals surface area contributed by atoms with Crippen molar-refractivity contribution in [3.63, 3.8) is 0 Å². The molecule has 4 aromatic rings. The highest BCUT2D eigenvalue weighted by Crippen LogP contribution is 2.30. The number of unbranched alkanes of at least 4 members (excludes halogenated alkanes) is 1. The summed E-state index contributed by atoms with van der Waals surface area (Å²) in [5.74, 6) is 1.15. The van der Waals surface area contributed by atoms with E-state index >= 15 is 0 Å². The molecule has 166 valence electrons. The van der Waals surface area contributed by atoms with Crippen molar-refractivity contribution in [1.82, 2.24) is 14.6 Å². The molecule has 0 unspecified atom stereocenters. The fraction of sp³-hybridized carbons (Fsp3) is 0.292. The van der Waals surface area contributed by atoms with Crippen LogP contribution in [0.3, 0.4) is 0 Å². The minimum Gasteiger partial charge on any atom is -0.490 e. The molecule has 0 saturated heterocycles. The molecular weight excluding hydrogens is 424 g/mol. The van der Waals surface area contributed by atoms with Gasteiger partial charge in [-0.15, -0.1) is 16.4 Å².